The fourth-order valence-electron chi connectivity index (χ4n) is 6.32. The number of ether oxygens (including phenoxy) is 1. The predicted octanol–water partition coefficient (Wildman–Crippen LogP) is 10.1. The van der Waals surface area contributed by atoms with Crippen LogP contribution in [0.25, 0.3) is 5.57 Å². The lowest BCUT2D eigenvalue weighted by Crippen LogP contribution is -2.53. The Kier molecular flexibility index (Phi) is 8.77. The van der Waals surface area contributed by atoms with Crippen LogP contribution in [0.2, 0.25) is 36.3 Å². The maximum Gasteiger partial charge on any atom is 0.192 e. The van der Waals surface area contributed by atoms with Gasteiger partial charge in [0.05, 0.1) is 24.4 Å². The Morgan fingerprint density at radius 2 is 1.37 bits per heavy atom. The second kappa shape index (κ2) is 10.9. The van der Waals surface area contributed by atoms with Crippen LogP contribution >= 0.6 is 0 Å². The van der Waals surface area contributed by atoms with Gasteiger partial charge in [-0.1, -0.05) is 67.5 Å². The lowest BCUT2D eigenvalue weighted by molar-refractivity contribution is -0.173. The molecular weight excluding hydrogens is 539 g/mol. The summed E-state index contributed by atoms with van der Waals surface area (Å²) in [6, 6.07) is 6.85. The Morgan fingerprint density at radius 1 is 0.854 bits per heavy atom. The average molecular weight is 600 g/mol. The zero-order chi connectivity index (χ0) is 30.7. The van der Waals surface area contributed by atoms with Crippen molar-refractivity contribution in [3.8, 4) is 0 Å². The third-order valence-corrected chi connectivity index (χ3v) is 20.5. The van der Waals surface area contributed by atoms with Crippen LogP contribution < -0.4 is 5.73 Å². The summed E-state index contributed by atoms with van der Waals surface area (Å²) in [7, 11) is -3.82. The van der Waals surface area contributed by atoms with Crippen molar-refractivity contribution < 1.29 is 13.6 Å². The van der Waals surface area contributed by atoms with E-state index in [1.807, 2.05) is 0 Å². The van der Waals surface area contributed by atoms with Crippen molar-refractivity contribution in [1.82, 2.24) is 0 Å². The lowest BCUT2D eigenvalue weighted by Gasteiger charge is -2.47. The average Bonchev–Trinajstić information content (AvgIpc) is 3.11. The molecule has 2 N–H and O–H groups in total. The Balaban J connectivity index is 1.65. The largest absolute Gasteiger partial charge is 0.414 e. The highest BCUT2D eigenvalue weighted by molar-refractivity contribution is 6.74. The van der Waals surface area contributed by atoms with Crippen LogP contribution in [0.1, 0.15) is 117 Å². The van der Waals surface area contributed by atoms with Crippen molar-refractivity contribution in [2.75, 3.05) is 18.9 Å². The van der Waals surface area contributed by atoms with E-state index in [0.717, 1.165) is 44.2 Å². The number of nitrogens with two attached hydrogens (primary N) is 1. The molecule has 1 aromatic rings. The van der Waals surface area contributed by atoms with E-state index in [1.54, 1.807) is 0 Å². The fraction of sp³-hybridized carbons (Fsp3) is 0.771. The number of fused-ring (bicyclic) bond motifs is 2. The van der Waals surface area contributed by atoms with E-state index >= 15 is 0 Å². The summed E-state index contributed by atoms with van der Waals surface area (Å²) in [5.41, 5.74) is 11.4. The highest BCUT2D eigenvalue weighted by Crippen LogP contribution is 2.55. The van der Waals surface area contributed by atoms with Crippen molar-refractivity contribution in [3.05, 3.63) is 35.4 Å². The van der Waals surface area contributed by atoms with E-state index < -0.39 is 16.6 Å². The molecule has 3 aliphatic rings. The van der Waals surface area contributed by atoms with E-state index in [-0.39, 0.29) is 21.3 Å². The van der Waals surface area contributed by atoms with E-state index in [1.165, 1.54) is 23.1 Å². The Bertz CT molecular complexity index is 1100. The van der Waals surface area contributed by atoms with Crippen LogP contribution in [0.4, 0.5) is 5.69 Å². The van der Waals surface area contributed by atoms with Gasteiger partial charge in [-0.15, -0.1) is 0 Å². The second-order valence-corrected chi connectivity index (χ2v) is 27.2. The van der Waals surface area contributed by atoms with Gasteiger partial charge in [0.2, 0.25) is 0 Å². The maximum absolute atomic E-state index is 7.19. The quantitative estimate of drug-likeness (QED) is 0.239. The first kappa shape index (κ1) is 33.0. The first-order chi connectivity index (χ1) is 18.6. The highest BCUT2D eigenvalue weighted by atomic mass is 28.4. The summed E-state index contributed by atoms with van der Waals surface area (Å²) in [5.74, 6) is 0.400. The fourth-order valence-corrected chi connectivity index (χ4v) is 8.43. The monoisotopic (exact) mass is 599 g/mol. The number of rotatable bonds is 8. The van der Waals surface area contributed by atoms with Gasteiger partial charge in [0, 0.05) is 11.3 Å². The van der Waals surface area contributed by atoms with Gasteiger partial charge in [-0.25, -0.2) is 0 Å². The van der Waals surface area contributed by atoms with Gasteiger partial charge in [0.15, 0.2) is 16.6 Å². The van der Waals surface area contributed by atoms with Crippen LogP contribution in [0, 0.1) is 5.41 Å². The van der Waals surface area contributed by atoms with Crippen LogP contribution in [0.3, 0.4) is 0 Å². The maximum atomic E-state index is 7.19. The van der Waals surface area contributed by atoms with E-state index in [0.29, 0.717) is 24.5 Å². The Hall–Kier alpha value is -0.926. The normalized spacial score (nSPS) is 29.0. The Labute approximate surface area is 254 Å². The molecule has 6 heteroatoms. The number of hydrogen-bond acceptors (Lipinski definition) is 4. The molecule has 0 unspecified atom stereocenters. The van der Waals surface area contributed by atoms with Crippen LogP contribution in [-0.2, 0) is 13.6 Å². The minimum Gasteiger partial charge on any atom is -0.414 e. The summed E-state index contributed by atoms with van der Waals surface area (Å²) in [4.78, 5) is 0. The molecule has 2 bridgehead atoms. The molecule has 4 nitrogen and oxygen atoms in total. The molecule has 2 aliphatic heterocycles. The van der Waals surface area contributed by atoms with Crippen LogP contribution in [-0.4, -0.2) is 41.1 Å². The SMILES string of the molecule is CC1(C)CC=C(c2cc([C@@H]3C[C@@]4(CO[Si](C)(C)C(C)(C)C)CC[C@@](CO[Si](C)(C)C(C)(C)C)(C3)O4)ccc2N)CC1. The van der Waals surface area contributed by atoms with Crippen molar-refractivity contribution in [1.29, 1.82) is 0 Å². The Morgan fingerprint density at radius 3 is 1.80 bits per heavy atom. The molecule has 2 saturated heterocycles. The van der Waals surface area contributed by atoms with E-state index in [9.17, 15) is 0 Å². The molecule has 1 aromatic carbocycles. The molecular formula is C35H61NO3Si2. The van der Waals surface area contributed by atoms with Gasteiger partial charge in [0.1, 0.15) is 0 Å². The molecule has 0 saturated carbocycles. The van der Waals surface area contributed by atoms with Gasteiger partial charge in [0.25, 0.3) is 0 Å². The molecule has 41 heavy (non-hydrogen) atoms. The third kappa shape index (κ3) is 7.08. The molecule has 1 aliphatic carbocycles. The number of anilines is 1. The molecule has 2 fully saturated rings. The number of benzene rings is 1. The second-order valence-electron chi connectivity index (χ2n) is 17.6. The lowest BCUT2D eigenvalue weighted by atomic mass is 9.75. The van der Waals surface area contributed by atoms with Gasteiger partial charge in [-0.3, -0.25) is 0 Å². The zero-order valence-corrected chi connectivity index (χ0v) is 30.6. The first-order valence-corrected chi connectivity index (χ1v) is 22.0. The van der Waals surface area contributed by atoms with Crippen LogP contribution in [0.15, 0.2) is 24.3 Å². The predicted molar refractivity (Wildman–Crippen MR) is 181 cm³/mol. The molecule has 0 aromatic heterocycles. The molecule has 0 amide bonds. The topological polar surface area (TPSA) is 53.7 Å². The van der Waals surface area contributed by atoms with Crippen molar-refractivity contribution in [2.45, 2.75) is 154 Å². The standard InChI is InChI=1S/C35H61NO3Si2/c1-31(2,3)40(9,10)37-24-34-19-20-35(39-34,25-38-41(11,12)32(4,5)6)23-28(22-34)27-13-14-30(36)29(21-27)26-15-17-33(7,8)18-16-26/h13-15,21,28H,16-20,22-25,36H2,1-12H3/t28-,34-,35+. The van der Waals surface area contributed by atoms with Gasteiger partial charge in [-0.05, 0) is 116 Å². The van der Waals surface area contributed by atoms with Crippen molar-refractivity contribution >= 4 is 27.9 Å². The minimum atomic E-state index is -1.91. The van der Waals surface area contributed by atoms with Gasteiger partial charge >= 0.3 is 0 Å². The summed E-state index contributed by atoms with van der Waals surface area (Å²) in [6.45, 7) is 29.5. The van der Waals surface area contributed by atoms with E-state index in [2.05, 4.69) is 106 Å². The molecule has 3 atom stereocenters. The molecule has 232 valence electrons. The summed E-state index contributed by atoms with van der Waals surface area (Å²) in [6.07, 6.45) is 9.95. The molecule has 0 radical (unpaired) electrons. The van der Waals surface area contributed by atoms with Gasteiger partial charge in [-0.2, -0.15) is 0 Å². The van der Waals surface area contributed by atoms with E-state index in [4.69, 9.17) is 19.3 Å². The summed E-state index contributed by atoms with van der Waals surface area (Å²) >= 11 is 0. The van der Waals surface area contributed by atoms with Gasteiger partial charge < -0.3 is 19.3 Å². The smallest absolute Gasteiger partial charge is 0.192 e. The highest BCUT2D eigenvalue weighted by Gasteiger charge is 2.57. The molecule has 0 spiro atoms. The minimum absolute atomic E-state index is 0.174. The van der Waals surface area contributed by atoms with Crippen molar-refractivity contribution in [3.63, 3.8) is 0 Å². The zero-order valence-electron chi connectivity index (χ0n) is 28.6. The first-order valence-electron chi connectivity index (χ1n) is 16.2. The summed E-state index contributed by atoms with van der Waals surface area (Å²) < 4.78 is 21.0. The number of allylic oxidation sites excluding steroid dienone is 2. The number of hydrogen-bond donors (Lipinski definition) is 1. The number of nitrogen functional groups attached to an aromatic ring is 1. The summed E-state index contributed by atoms with van der Waals surface area (Å²) in [5, 5.41) is 0.347. The van der Waals surface area contributed by atoms with Crippen LogP contribution in [0.5, 0.6) is 0 Å². The molecule has 4 rings (SSSR count). The van der Waals surface area contributed by atoms with Crippen molar-refractivity contribution in [2.24, 2.45) is 5.41 Å². The third-order valence-electron chi connectivity index (χ3n) is 11.6. The molecule has 2 heterocycles.